The monoisotopic (exact) mass is 402 g/mol. The summed E-state index contributed by atoms with van der Waals surface area (Å²) in [5.41, 5.74) is 2.76. The number of esters is 1. The Morgan fingerprint density at radius 3 is 2.48 bits per heavy atom. The minimum absolute atomic E-state index is 0.179. The van der Waals surface area contributed by atoms with Crippen molar-refractivity contribution in [3.8, 4) is 0 Å². The molecule has 0 aromatic heterocycles. The number of benzene rings is 2. The molecule has 0 bridgehead atoms. The number of ether oxygens (including phenoxy) is 2. The minimum atomic E-state index is -0.506. The highest BCUT2D eigenvalue weighted by molar-refractivity contribution is 6.37. The van der Waals surface area contributed by atoms with Gasteiger partial charge in [0.1, 0.15) is 0 Å². The summed E-state index contributed by atoms with van der Waals surface area (Å²) in [7, 11) is 0. The SMILES string of the molecule is O=C1OC(c2ccc(Cl)cc2Cl)=N/C1=C\c1ccc(N2CCOCC2)cc1. The van der Waals surface area contributed by atoms with Crippen LogP contribution in [0.15, 0.2) is 53.2 Å². The van der Waals surface area contributed by atoms with Crippen molar-refractivity contribution in [3.05, 3.63) is 69.3 Å². The largest absolute Gasteiger partial charge is 0.402 e. The number of hydrogen-bond donors (Lipinski definition) is 0. The van der Waals surface area contributed by atoms with E-state index in [1.54, 1.807) is 24.3 Å². The molecule has 0 unspecified atom stereocenters. The molecule has 2 heterocycles. The Morgan fingerprint density at radius 2 is 1.78 bits per heavy atom. The lowest BCUT2D eigenvalue weighted by Gasteiger charge is -2.28. The summed E-state index contributed by atoms with van der Waals surface area (Å²) in [5, 5.41) is 0.884. The summed E-state index contributed by atoms with van der Waals surface area (Å²) in [6, 6.07) is 12.9. The maximum Gasteiger partial charge on any atom is 0.363 e. The van der Waals surface area contributed by atoms with Gasteiger partial charge in [-0.25, -0.2) is 9.79 Å². The molecule has 0 spiro atoms. The molecule has 27 heavy (non-hydrogen) atoms. The number of rotatable bonds is 3. The number of cyclic esters (lactones) is 1. The van der Waals surface area contributed by atoms with Crippen molar-refractivity contribution in [2.75, 3.05) is 31.2 Å². The van der Waals surface area contributed by atoms with E-state index in [9.17, 15) is 4.79 Å². The van der Waals surface area contributed by atoms with E-state index >= 15 is 0 Å². The van der Waals surface area contributed by atoms with Gasteiger partial charge in [-0.05, 0) is 42.0 Å². The van der Waals surface area contributed by atoms with E-state index in [1.807, 2.05) is 24.3 Å². The second-order valence-electron chi connectivity index (χ2n) is 6.15. The molecule has 0 amide bonds. The van der Waals surface area contributed by atoms with Gasteiger partial charge in [0.05, 0.1) is 23.8 Å². The van der Waals surface area contributed by atoms with Crippen LogP contribution in [0.5, 0.6) is 0 Å². The standard InChI is InChI=1S/C20H16Cl2N2O3/c21-14-3-6-16(17(22)12-14)19-23-18(20(25)27-19)11-13-1-4-15(5-2-13)24-7-9-26-10-8-24/h1-6,11-12H,7-10H2/b18-11-. The van der Waals surface area contributed by atoms with Crippen molar-refractivity contribution in [3.63, 3.8) is 0 Å². The van der Waals surface area contributed by atoms with Crippen LogP contribution in [0.2, 0.25) is 10.0 Å². The molecule has 5 nitrogen and oxygen atoms in total. The smallest absolute Gasteiger partial charge is 0.363 e. The van der Waals surface area contributed by atoms with Crippen LogP contribution in [-0.4, -0.2) is 38.2 Å². The Morgan fingerprint density at radius 1 is 1.04 bits per heavy atom. The fourth-order valence-corrected chi connectivity index (χ4v) is 3.44. The quantitative estimate of drug-likeness (QED) is 0.570. The number of nitrogens with zero attached hydrogens (tertiary/aromatic N) is 2. The molecule has 2 aliphatic rings. The van der Waals surface area contributed by atoms with Gasteiger partial charge in [0.25, 0.3) is 0 Å². The first-order valence-corrected chi connectivity index (χ1v) is 9.26. The third kappa shape index (κ3) is 4.00. The van der Waals surface area contributed by atoms with Crippen LogP contribution in [0.4, 0.5) is 5.69 Å². The number of hydrogen-bond acceptors (Lipinski definition) is 5. The van der Waals surface area contributed by atoms with Crippen molar-refractivity contribution in [2.24, 2.45) is 4.99 Å². The highest BCUT2D eigenvalue weighted by Gasteiger charge is 2.25. The molecular weight excluding hydrogens is 387 g/mol. The molecule has 2 aromatic carbocycles. The number of halogens is 2. The Bertz CT molecular complexity index is 933. The molecular formula is C20H16Cl2N2O3. The van der Waals surface area contributed by atoms with Crippen LogP contribution < -0.4 is 4.90 Å². The minimum Gasteiger partial charge on any atom is -0.402 e. The van der Waals surface area contributed by atoms with E-state index in [1.165, 1.54) is 0 Å². The van der Waals surface area contributed by atoms with Gasteiger partial charge < -0.3 is 14.4 Å². The topological polar surface area (TPSA) is 51.1 Å². The van der Waals surface area contributed by atoms with E-state index in [2.05, 4.69) is 9.89 Å². The molecule has 1 saturated heterocycles. The van der Waals surface area contributed by atoms with Gasteiger partial charge in [0.15, 0.2) is 5.70 Å². The molecule has 7 heteroatoms. The molecule has 0 atom stereocenters. The average Bonchev–Trinajstić information content (AvgIpc) is 3.03. The molecule has 2 aliphatic heterocycles. The van der Waals surface area contributed by atoms with Gasteiger partial charge in [-0.3, -0.25) is 0 Å². The van der Waals surface area contributed by atoms with Crippen LogP contribution in [0.3, 0.4) is 0 Å². The number of carbonyl (C=O) groups is 1. The van der Waals surface area contributed by atoms with Crippen molar-refractivity contribution in [1.82, 2.24) is 0 Å². The second kappa shape index (κ2) is 7.72. The fraction of sp³-hybridized carbons (Fsp3) is 0.200. The predicted molar refractivity (Wildman–Crippen MR) is 107 cm³/mol. The first-order valence-electron chi connectivity index (χ1n) is 8.51. The van der Waals surface area contributed by atoms with E-state index in [0.717, 1.165) is 37.6 Å². The van der Waals surface area contributed by atoms with E-state index < -0.39 is 5.97 Å². The summed E-state index contributed by atoms with van der Waals surface area (Å²) in [6.45, 7) is 3.23. The number of anilines is 1. The number of aliphatic imine (C=N–C) groups is 1. The maximum atomic E-state index is 12.2. The lowest BCUT2D eigenvalue weighted by molar-refractivity contribution is -0.129. The van der Waals surface area contributed by atoms with Crippen LogP contribution in [0.1, 0.15) is 11.1 Å². The Balaban J connectivity index is 1.56. The molecule has 4 rings (SSSR count). The van der Waals surface area contributed by atoms with Crippen molar-refractivity contribution < 1.29 is 14.3 Å². The van der Waals surface area contributed by atoms with Gasteiger partial charge in [-0.2, -0.15) is 0 Å². The maximum absolute atomic E-state index is 12.2. The third-order valence-electron chi connectivity index (χ3n) is 4.35. The Kier molecular flexibility index (Phi) is 5.16. The lowest BCUT2D eigenvalue weighted by atomic mass is 10.1. The van der Waals surface area contributed by atoms with Crippen LogP contribution in [-0.2, 0) is 14.3 Å². The van der Waals surface area contributed by atoms with E-state index in [-0.39, 0.29) is 11.6 Å². The zero-order chi connectivity index (χ0) is 18.8. The zero-order valence-corrected chi connectivity index (χ0v) is 15.8. The molecule has 1 fully saturated rings. The van der Waals surface area contributed by atoms with Gasteiger partial charge in [-0.15, -0.1) is 0 Å². The highest BCUT2D eigenvalue weighted by Crippen LogP contribution is 2.26. The van der Waals surface area contributed by atoms with Crippen molar-refractivity contribution >= 4 is 46.8 Å². The van der Waals surface area contributed by atoms with Gasteiger partial charge >= 0.3 is 5.97 Å². The van der Waals surface area contributed by atoms with E-state index in [0.29, 0.717) is 15.6 Å². The summed E-state index contributed by atoms with van der Waals surface area (Å²) in [6.07, 6.45) is 1.70. The van der Waals surface area contributed by atoms with Gasteiger partial charge in [-0.1, -0.05) is 35.3 Å². The Hall–Kier alpha value is -2.34. The predicted octanol–water partition coefficient (Wildman–Crippen LogP) is 4.17. The number of morpholine rings is 1. The molecule has 0 saturated carbocycles. The second-order valence-corrected chi connectivity index (χ2v) is 6.99. The first-order chi connectivity index (χ1) is 13.1. The summed E-state index contributed by atoms with van der Waals surface area (Å²) in [5.74, 6) is -0.328. The normalized spacial score (nSPS) is 18.6. The lowest BCUT2D eigenvalue weighted by Crippen LogP contribution is -2.36. The van der Waals surface area contributed by atoms with Gasteiger partial charge in [0.2, 0.25) is 5.90 Å². The summed E-state index contributed by atoms with van der Waals surface area (Å²) >= 11 is 12.1. The molecule has 0 aliphatic carbocycles. The van der Waals surface area contributed by atoms with Gasteiger partial charge in [0, 0.05) is 23.8 Å². The van der Waals surface area contributed by atoms with Crippen molar-refractivity contribution in [1.29, 1.82) is 0 Å². The van der Waals surface area contributed by atoms with Crippen molar-refractivity contribution in [2.45, 2.75) is 0 Å². The average molecular weight is 403 g/mol. The molecule has 0 N–H and O–H groups in total. The Labute approximate surface area is 166 Å². The van der Waals surface area contributed by atoms with Crippen LogP contribution >= 0.6 is 23.2 Å². The van der Waals surface area contributed by atoms with Crippen LogP contribution in [0.25, 0.3) is 6.08 Å². The number of carbonyl (C=O) groups excluding carboxylic acids is 1. The fourth-order valence-electron chi connectivity index (χ4n) is 2.95. The molecule has 0 radical (unpaired) electrons. The summed E-state index contributed by atoms with van der Waals surface area (Å²) < 4.78 is 10.6. The van der Waals surface area contributed by atoms with Crippen LogP contribution in [0, 0.1) is 0 Å². The molecule has 138 valence electrons. The highest BCUT2D eigenvalue weighted by atomic mass is 35.5. The first kappa shape index (κ1) is 18.0. The zero-order valence-electron chi connectivity index (χ0n) is 14.3. The summed E-state index contributed by atoms with van der Waals surface area (Å²) in [4.78, 5) is 18.7. The van der Waals surface area contributed by atoms with E-state index in [4.69, 9.17) is 32.7 Å². The third-order valence-corrected chi connectivity index (χ3v) is 4.90. The molecule has 2 aromatic rings.